The molecule has 4 rings (SSSR count). The largest absolute Gasteiger partial charge is 0.417 e. The van der Waals surface area contributed by atoms with Crippen LogP contribution in [-0.2, 0) is 11.0 Å². The zero-order chi connectivity index (χ0) is 24.1. The van der Waals surface area contributed by atoms with Crippen LogP contribution in [0.4, 0.5) is 23.8 Å². The highest BCUT2D eigenvalue weighted by Crippen LogP contribution is 2.29. The van der Waals surface area contributed by atoms with Gasteiger partial charge in [0.2, 0.25) is 5.91 Å². The van der Waals surface area contributed by atoms with Crippen LogP contribution in [0, 0.1) is 0 Å². The van der Waals surface area contributed by atoms with Crippen molar-refractivity contribution in [2.75, 3.05) is 44.2 Å². The third kappa shape index (κ3) is 5.78. The molecule has 1 aromatic heterocycles. The molecule has 2 aromatic rings. The molecule has 2 aliphatic heterocycles. The van der Waals surface area contributed by atoms with E-state index in [-0.39, 0.29) is 18.0 Å². The molecule has 3 amide bonds. The van der Waals surface area contributed by atoms with Crippen molar-refractivity contribution < 1.29 is 22.8 Å². The maximum Gasteiger partial charge on any atom is 0.417 e. The van der Waals surface area contributed by atoms with Crippen LogP contribution in [-0.4, -0.2) is 66.0 Å². The number of likely N-dealkylation sites (tertiary alicyclic amines) is 1. The van der Waals surface area contributed by atoms with Gasteiger partial charge in [-0.05, 0) is 30.5 Å². The van der Waals surface area contributed by atoms with Crippen LogP contribution in [0.25, 0.3) is 0 Å². The molecule has 1 atom stereocenters. The molecule has 2 saturated heterocycles. The summed E-state index contributed by atoms with van der Waals surface area (Å²) in [7, 11) is 0. The Kier molecular flexibility index (Phi) is 7.23. The lowest BCUT2D eigenvalue weighted by Gasteiger charge is -2.29. The Morgan fingerprint density at radius 1 is 1.00 bits per heavy atom. The van der Waals surface area contributed by atoms with E-state index in [0.29, 0.717) is 57.9 Å². The summed E-state index contributed by atoms with van der Waals surface area (Å²) >= 11 is 0. The number of amides is 3. The van der Waals surface area contributed by atoms with Gasteiger partial charge in [-0.2, -0.15) is 13.2 Å². The lowest BCUT2D eigenvalue weighted by atomic mass is 10.1. The summed E-state index contributed by atoms with van der Waals surface area (Å²) in [4.78, 5) is 34.7. The van der Waals surface area contributed by atoms with Gasteiger partial charge in [0.15, 0.2) is 0 Å². The predicted molar refractivity (Wildman–Crippen MR) is 121 cm³/mol. The maximum atomic E-state index is 13.1. The van der Waals surface area contributed by atoms with Crippen LogP contribution in [0.2, 0.25) is 0 Å². The number of anilines is 1. The highest BCUT2D eigenvalue weighted by Gasteiger charge is 2.31. The summed E-state index contributed by atoms with van der Waals surface area (Å²) < 4.78 is 38.5. The Morgan fingerprint density at radius 2 is 1.79 bits per heavy atom. The second-order valence-corrected chi connectivity index (χ2v) is 8.59. The molecule has 0 bridgehead atoms. The smallest absolute Gasteiger partial charge is 0.355 e. The zero-order valence-corrected chi connectivity index (χ0v) is 18.8. The quantitative estimate of drug-likeness (QED) is 0.717. The van der Waals surface area contributed by atoms with Crippen molar-refractivity contribution in [3.63, 3.8) is 0 Å². The minimum absolute atomic E-state index is 0.102. The third-order valence-electron chi connectivity index (χ3n) is 6.26. The molecule has 1 unspecified atom stereocenters. The Bertz CT molecular complexity index is 984. The van der Waals surface area contributed by atoms with E-state index in [4.69, 9.17) is 0 Å². The first-order valence-electron chi connectivity index (χ1n) is 11.5. The Hall–Kier alpha value is -3.30. The molecule has 10 heteroatoms. The molecule has 1 N–H and O–H groups in total. The first-order chi connectivity index (χ1) is 16.3. The maximum absolute atomic E-state index is 13.1. The van der Waals surface area contributed by atoms with E-state index < -0.39 is 11.7 Å². The molecular formula is C24H28F3N5O2. The van der Waals surface area contributed by atoms with Crippen molar-refractivity contribution in [3.05, 3.63) is 59.8 Å². The van der Waals surface area contributed by atoms with Gasteiger partial charge in [-0.1, -0.05) is 30.3 Å². The number of carbonyl (C=O) groups is 2. The fourth-order valence-corrected chi connectivity index (χ4v) is 4.37. The number of pyridine rings is 1. The monoisotopic (exact) mass is 475 g/mol. The molecule has 2 fully saturated rings. The van der Waals surface area contributed by atoms with E-state index in [9.17, 15) is 22.8 Å². The van der Waals surface area contributed by atoms with Crippen molar-refractivity contribution in [2.45, 2.75) is 31.5 Å². The average molecular weight is 476 g/mol. The first-order valence-corrected chi connectivity index (χ1v) is 11.5. The highest BCUT2D eigenvalue weighted by atomic mass is 19.4. The molecule has 0 aliphatic carbocycles. The van der Waals surface area contributed by atoms with Gasteiger partial charge in [-0.25, -0.2) is 9.78 Å². The number of urea groups is 1. The van der Waals surface area contributed by atoms with Crippen molar-refractivity contribution >= 4 is 17.8 Å². The summed E-state index contributed by atoms with van der Waals surface area (Å²) in [6.45, 7) is 3.10. The van der Waals surface area contributed by atoms with E-state index in [0.717, 1.165) is 24.2 Å². The van der Waals surface area contributed by atoms with E-state index in [1.807, 2.05) is 35.2 Å². The number of alkyl halides is 3. The second kappa shape index (κ2) is 10.3. The van der Waals surface area contributed by atoms with Crippen molar-refractivity contribution in [2.24, 2.45) is 0 Å². The number of benzene rings is 1. The minimum atomic E-state index is -4.42. The van der Waals surface area contributed by atoms with Gasteiger partial charge in [0.25, 0.3) is 0 Å². The van der Waals surface area contributed by atoms with Crippen molar-refractivity contribution in [1.82, 2.24) is 20.1 Å². The number of rotatable bonds is 5. The topological polar surface area (TPSA) is 68.8 Å². The van der Waals surface area contributed by atoms with Gasteiger partial charge in [0, 0.05) is 51.9 Å². The number of halogens is 3. The molecule has 0 spiro atoms. The molecule has 2 aliphatic rings. The fraction of sp³-hybridized carbons (Fsp3) is 0.458. The van der Waals surface area contributed by atoms with E-state index in [2.05, 4.69) is 10.3 Å². The van der Waals surface area contributed by atoms with Gasteiger partial charge in [0.1, 0.15) is 5.82 Å². The Labute approximate surface area is 196 Å². The van der Waals surface area contributed by atoms with Crippen LogP contribution >= 0.6 is 0 Å². The van der Waals surface area contributed by atoms with Crippen LogP contribution in [0.1, 0.15) is 36.4 Å². The summed E-state index contributed by atoms with van der Waals surface area (Å²) in [5.41, 5.74) is 0.150. The summed E-state index contributed by atoms with van der Waals surface area (Å²) in [6.07, 6.45) is -1.55. The number of hydrogen-bond donors (Lipinski definition) is 1. The number of carbonyl (C=O) groups excluding carboxylic acids is 2. The van der Waals surface area contributed by atoms with Crippen molar-refractivity contribution in [3.8, 4) is 0 Å². The van der Waals surface area contributed by atoms with Gasteiger partial charge < -0.3 is 20.0 Å². The van der Waals surface area contributed by atoms with Gasteiger partial charge >= 0.3 is 12.2 Å². The van der Waals surface area contributed by atoms with Gasteiger partial charge in [-0.15, -0.1) is 0 Å². The lowest BCUT2D eigenvalue weighted by Crippen LogP contribution is -2.46. The number of aromatic nitrogens is 1. The van der Waals surface area contributed by atoms with Crippen LogP contribution in [0.15, 0.2) is 48.7 Å². The fourth-order valence-electron chi connectivity index (χ4n) is 4.37. The van der Waals surface area contributed by atoms with Gasteiger partial charge in [0.05, 0.1) is 11.6 Å². The van der Waals surface area contributed by atoms with E-state index in [1.165, 1.54) is 6.07 Å². The molecule has 0 saturated carbocycles. The standard InChI is InChI=1S/C24H28F3N5O2/c25-24(26,27)19-9-10-21(28-16-19)30-12-5-13-31(15-14-30)23(34)29-20(18-6-2-1-3-7-18)17-32-11-4-8-22(32)33/h1-3,6-7,9-10,16,20H,4-5,8,11-15,17H2,(H,29,34). The second-order valence-electron chi connectivity index (χ2n) is 8.59. The Morgan fingerprint density at radius 3 is 2.44 bits per heavy atom. The van der Waals surface area contributed by atoms with Crippen LogP contribution in [0.5, 0.6) is 0 Å². The average Bonchev–Trinajstić information content (AvgIpc) is 3.07. The molecule has 7 nitrogen and oxygen atoms in total. The summed E-state index contributed by atoms with van der Waals surface area (Å²) in [5.74, 6) is 0.564. The zero-order valence-electron chi connectivity index (χ0n) is 18.8. The minimum Gasteiger partial charge on any atom is -0.355 e. The lowest BCUT2D eigenvalue weighted by molar-refractivity contribution is -0.137. The molecule has 1 aromatic carbocycles. The van der Waals surface area contributed by atoms with Gasteiger partial charge in [-0.3, -0.25) is 4.79 Å². The molecule has 34 heavy (non-hydrogen) atoms. The van der Waals surface area contributed by atoms with Crippen molar-refractivity contribution in [1.29, 1.82) is 0 Å². The van der Waals surface area contributed by atoms with Crippen LogP contribution in [0.3, 0.4) is 0 Å². The first kappa shape index (κ1) is 23.8. The van der Waals surface area contributed by atoms with E-state index in [1.54, 1.807) is 9.80 Å². The van der Waals surface area contributed by atoms with Crippen LogP contribution < -0.4 is 10.2 Å². The SMILES string of the molecule is O=C1CCCN1CC(NC(=O)N1CCCN(c2ccc(C(F)(F)F)cn2)CC1)c1ccccc1. The molecule has 3 heterocycles. The highest BCUT2D eigenvalue weighted by molar-refractivity contribution is 5.78. The molecular weight excluding hydrogens is 447 g/mol. The number of nitrogens with zero attached hydrogens (tertiary/aromatic N) is 4. The molecule has 182 valence electrons. The number of hydrogen-bond acceptors (Lipinski definition) is 4. The predicted octanol–water partition coefficient (Wildman–Crippen LogP) is 3.69. The Balaban J connectivity index is 1.39. The summed E-state index contributed by atoms with van der Waals surface area (Å²) in [5, 5.41) is 3.09. The molecule has 0 radical (unpaired) electrons. The van der Waals surface area contributed by atoms with E-state index >= 15 is 0 Å². The summed E-state index contributed by atoms with van der Waals surface area (Å²) in [6, 6.07) is 11.4. The third-order valence-corrected chi connectivity index (χ3v) is 6.26. The number of nitrogens with one attached hydrogen (secondary N) is 1. The normalized spacial score (nSPS) is 18.1.